The molecule has 1 heterocycles. The van der Waals surface area contributed by atoms with E-state index in [0.29, 0.717) is 21.5 Å². The molecule has 0 saturated carbocycles. The zero-order valence-electron chi connectivity index (χ0n) is 11.1. The van der Waals surface area contributed by atoms with Crippen LogP contribution in [0, 0.1) is 0 Å². The van der Waals surface area contributed by atoms with Crippen LogP contribution < -0.4 is 11.3 Å². The van der Waals surface area contributed by atoms with E-state index in [2.05, 4.69) is 0 Å². The van der Waals surface area contributed by atoms with Crippen molar-refractivity contribution in [3.63, 3.8) is 0 Å². The Balaban J connectivity index is 2.75. The lowest BCUT2D eigenvalue weighted by molar-refractivity contribution is 0.0796. The van der Waals surface area contributed by atoms with E-state index in [4.69, 9.17) is 22.4 Å². The number of aliphatic hydroxyl groups excluding tert-OH is 2. The average molecular weight is 297 g/mol. The van der Waals surface area contributed by atoms with Gasteiger partial charge in [-0.2, -0.15) is 0 Å². The van der Waals surface area contributed by atoms with Crippen LogP contribution in [-0.2, 0) is 6.54 Å². The van der Waals surface area contributed by atoms with Gasteiger partial charge in [0.05, 0.1) is 29.7 Å². The SMILES string of the molecule is CC(N)c1cc2cccc(Cl)c2c(=O)n1CC(O)CO. The zero-order chi connectivity index (χ0) is 14.9. The molecular formula is C14H17ClN2O3. The molecule has 6 heteroatoms. The maximum atomic E-state index is 12.6. The number of halogens is 1. The number of fused-ring (bicyclic) bond motifs is 1. The van der Waals surface area contributed by atoms with E-state index in [1.54, 1.807) is 31.2 Å². The number of rotatable bonds is 4. The number of benzene rings is 1. The van der Waals surface area contributed by atoms with Gasteiger partial charge >= 0.3 is 0 Å². The Labute approximate surface area is 121 Å². The van der Waals surface area contributed by atoms with Gasteiger partial charge in [0, 0.05) is 11.7 Å². The van der Waals surface area contributed by atoms with Crippen LogP contribution in [0.2, 0.25) is 5.02 Å². The Morgan fingerprint density at radius 1 is 1.45 bits per heavy atom. The number of pyridine rings is 1. The number of hydrogen-bond donors (Lipinski definition) is 3. The maximum Gasteiger partial charge on any atom is 0.260 e. The minimum atomic E-state index is -1.02. The fraction of sp³-hybridized carbons (Fsp3) is 0.357. The molecule has 0 radical (unpaired) electrons. The van der Waals surface area contributed by atoms with Crippen molar-refractivity contribution in [2.45, 2.75) is 25.6 Å². The summed E-state index contributed by atoms with van der Waals surface area (Å²) in [4.78, 5) is 12.6. The highest BCUT2D eigenvalue weighted by Gasteiger charge is 2.16. The van der Waals surface area contributed by atoms with Crippen LogP contribution in [0.15, 0.2) is 29.1 Å². The average Bonchev–Trinajstić information content (AvgIpc) is 2.41. The fourth-order valence-corrected chi connectivity index (χ4v) is 2.47. The third kappa shape index (κ3) is 2.71. The van der Waals surface area contributed by atoms with Gasteiger partial charge in [-0.3, -0.25) is 4.79 Å². The minimum absolute atomic E-state index is 0.0205. The Bertz CT molecular complexity index is 682. The lowest BCUT2D eigenvalue weighted by Crippen LogP contribution is -2.32. The van der Waals surface area contributed by atoms with E-state index in [1.807, 2.05) is 0 Å². The molecule has 2 rings (SSSR count). The summed E-state index contributed by atoms with van der Waals surface area (Å²) in [6.45, 7) is 1.31. The van der Waals surface area contributed by atoms with Crippen molar-refractivity contribution in [1.82, 2.24) is 4.57 Å². The van der Waals surface area contributed by atoms with Gasteiger partial charge in [0.15, 0.2) is 0 Å². The molecular weight excluding hydrogens is 280 g/mol. The molecule has 0 aliphatic carbocycles. The van der Waals surface area contributed by atoms with Gasteiger partial charge in [-0.1, -0.05) is 23.7 Å². The molecule has 5 nitrogen and oxygen atoms in total. The predicted molar refractivity (Wildman–Crippen MR) is 78.9 cm³/mol. The molecule has 2 atom stereocenters. The van der Waals surface area contributed by atoms with Crippen molar-refractivity contribution in [2.75, 3.05) is 6.61 Å². The summed E-state index contributed by atoms with van der Waals surface area (Å²) in [7, 11) is 0. The van der Waals surface area contributed by atoms with Crippen LogP contribution >= 0.6 is 11.6 Å². The highest BCUT2D eigenvalue weighted by atomic mass is 35.5. The third-order valence-electron chi connectivity index (χ3n) is 3.19. The summed E-state index contributed by atoms with van der Waals surface area (Å²) in [5.74, 6) is 0. The van der Waals surface area contributed by atoms with Crippen LogP contribution in [0.3, 0.4) is 0 Å². The molecule has 1 aromatic heterocycles. The lowest BCUT2D eigenvalue weighted by atomic mass is 10.1. The van der Waals surface area contributed by atoms with Crippen molar-refractivity contribution in [1.29, 1.82) is 0 Å². The Morgan fingerprint density at radius 2 is 2.15 bits per heavy atom. The van der Waals surface area contributed by atoms with Crippen LogP contribution in [-0.4, -0.2) is 27.5 Å². The second kappa shape index (κ2) is 5.93. The summed E-state index contributed by atoms with van der Waals surface area (Å²) >= 11 is 6.08. The van der Waals surface area contributed by atoms with E-state index in [0.717, 1.165) is 0 Å². The van der Waals surface area contributed by atoms with Crippen molar-refractivity contribution in [2.24, 2.45) is 5.73 Å². The van der Waals surface area contributed by atoms with E-state index in [-0.39, 0.29) is 18.1 Å². The molecule has 1 aromatic carbocycles. The minimum Gasteiger partial charge on any atom is -0.394 e. The summed E-state index contributed by atoms with van der Waals surface area (Å²) in [5.41, 5.74) is 6.18. The lowest BCUT2D eigenvalue weighted by Gasteiger charge is -2.19. The maximum absolute atomic E-state index is 12.6. The monoisotopic (exact) mass is 296 g/mol. The Hall–Kier alpha value is -1.40. The van der Waals surface area contributed by atoms with Gasteiger partial charge in [-0.15, -0.1) is 0 Å². The van der Waals surface area contributed by atoms with Gasteiger partial charge in [-0.25, -0.2) is 0 Å². The van der Waals surface area contributed by atoms with E-state index < -0.39 is 12.7 Å². The molecule has 20 heavy (non-hydrogen) atoms. The van der Waals surface area contributed by atoms with Crippen LogP contribution in [0.25, 0.3) is 10.8 Å². The first-order valence-corrected chi connectivity index (χ1v) is 6.70. The van der Waals surface area contributed by atoms with Crippen LogP contribution in [0.5, 0.6) is 0 Å². The van der Waals surface area contributed by atoms with Gasteiger partial charge in [0.1, 0.15) is 0 Å². The number of aromatic nitrogens is 1. The molecule has 0 aliphatic heterocycles. The molecule has 2 aromatic rings. The van der Waals surface area contributed by atoms with E-state index >= 15 is 0 Å². The highest BCUT2D eigenvalue weighted by molar-refractivity contribution is 6.35. The van der Waals surface area contributed by atoms with Crippen LogP contribution in [0.1, 0.15) is 18.7 Å². The molecule has 108 valence electrons. The largest absolute Gasteiger partial charge is 0.394 e. The molecule has 0 amide bonds. The summed E-state index contributed by atoms with van der Waals surface area (Å²) < 4.78 is 1.37. The highest BCUT2D eigenvalue weighted by Crippen LogP contribution is 2.22. The number of nitrogens with two attached hydrogens (primary N) is 1. The first-order chi connectivity index (χ1) is 9.45. The zero-order valence-corrected chi connectivity index (χ0v) is 11.8. The van der Waals surface area contributed by atoms with Gasteiger partial charge in [0.2, 0.25) is 0 Å². The van der Waals surface area contributed by atoms with Crippen molar-refractivity contribution in [3.05, 3.63) is 45.3 Å². The van der Waals surface area contributed by atoms with Gasteiger partial charge in [0.25, 0.3) is 5.56 Å². The van der Waals surface area contributed by atoms with Gasteiger partial charge in [-0.05, 0) is 24.4 Å². The molecule has 0 spiro atoms. The topological polar surface area (TPSA) is 88.5 Å². The first-order valence-electron chi connectivity index (χ1n) is 6.32. The van der Waals surface area contributed by atoms with Gasteiger partial charge < -0.3 is 20.5 Å². The molecule has 2 unspecified atom stereocenters. The van der Waals surface area contributed by atoms with E-state index in [9.17, 15) is 9.90 Å². The molecule has 0 aliphatic rings. The smallest absolute Gasteiger partial charge is 0.260 e. The molecule has 0 fully saturated rings. The predicted octanol–water partition coefficient (Wildman–Crippen LogP) is 1.03. The molecule has 0 saturated heterocycles. The number of aliphatic hydroxyl groups is 2. The van der Waals surface area contributed by atoms with E-state index in [1.165, 1.54) is 4.57 Å². The van der Waals surface area contributed by atoms with Crippen molar-refractivity contribution in [3.8, 4) is 0 Å². The summed E-state index contributed by atoms with van der Waals surface area (Å²) in [5, 5.41) is 20.0. The first kappa shape index (κ1) is 15.0. The second-order valence-electron chi connectivity index (χ2n) is 4.81. The normalized spacial score (nSPS) is 14.4. The third-order valence-corrected chi connectivity index (χ3v) is 3.51. The molecule has 0 bridgehead atoms. The van der Waals surface area contributed by atoms with Crippen molar-refractivity contribution < 1.29 is 10.2 Å². The summed E-state index contributed by atoms with van der Waals surface area (Å²) in [6, 6.07) is 6.61. The quantitative estimate of drug-likeness (QED) is 0.786. The Kier molecular flexibility index (Phi) is 4.45. The molecule has 4 N–H and O–H groups in total. The standard InChI is InChI=1S/C14H17ClN2O3/c1-8(16)12-5-9-3-2-4-11(15)13(9)14(20)17(12)6-10(19)7-18/h2-5,8,10,18-19H,6-7,16H2,1H3. The van der Waals surface area contributed by atoms with Crippen molar-refractivity contribution >= 4 is 22.4 Å². The Morgan fingerprint density at radius 3 is 2.75 bits per heavy atom. The number of hydrogen-bond acceptors (Lipinski definition) is 4. The fourth-order valence-electron chi connectivity index (χ4n) is 2.21. The summed E-state index contributed by atoms with van der Waals surface area (Å²) in [6.07, 6.45) is -1.02. The van der Waals surface area contributed by atoms with Crippen LogP contribution in [0.4, 0.5) is 0 Å². The second-order valence-corrected chi connectivity index (χ2v) is 5.22. The number of nitrogens with zero attached hydrogens (tertiary/aromatic N) is 1.